The molecule has 2 aromatic heterocycles. The molecule has 0 spiro atoms. The van der Waals surface area contributed by atoms with Crippen LogP contribution >= 0.6 is 0 Å². The number of nitrogens with zero attached hydrogens (tertiary/aromatic N) is 2. The molecule has 108 valence electrons. The van der Waals surface area contributed by atoms with Gasteiger partial charge < -0.3 is 0 Å². The first-order valence-corrected chi connectivity index (χ1v) is 7.24. The smallest absolute Gasteiger partial charge is 0.0372 e. The van der Waals surface area contributed by atoms with Crippen molar-refractivity contribution in [3.05, 3.63) is 59.2 Å². The Morgan fingerprint density at radius 3 is 1.85 bits per heavy atom. The van der Waals surface area contributed by atoms with Crippen LogP contribution in [0.25, 0.3) is 0 Å². The Bertz CT molecular complexity index is 513. The van der Waals surface area contributed by atoms with E-state index in [-0.39, 0.29) is 0 Å². The molecule has 0 unspecified atom stereocenters. The fourth-order valence-corrected chi connectivity index (χ4v) is 1.71. The SMILES string of the molecule is Cc1ccc(C(C)C)cn1.Cc1cncc(C(C)C)c1. The zero-order valence-corrected chi connectivity index (χ0v) is 13.5. The monoisotopic (exact) mass is 270 g/mol. The summed E-state index contributed by atoms with van der Waals surface area (Å²) < 4.78 is 0. The summed E-state index contributed by atoms with van der Waals surface area (Å²) in [4.78, 5) is 8.31. The molecular weight excluding hydrogens is 244 g/mol. The maximum atomic E-state index is 4.20. The van der Waals surface area contributed by atoms with Crippen LogP contribution in [0.4, 0.5) is 0 Å². The lowest BCUT2D eigenvalue weighted by molar-refractivity contribution is 0.855. The molecule has 2 heteroatoms. The van der Waals surface area contributed by atoms with E-state index in [9.17, 15) is 0 Å². The molecule has 2 nitrogen and oxygen atoms in total. The van der Waals surface area contributed by atoms with Gasteiger partial charge in [-0.3, -0.25) is 9.97 Å². The summed E-state index contributed by atoms with van der Waals surface area (Å²) in [7, 11) is 0. The number of hydrogen-bond acceptors (Lipinski definition) is 2. The lowest BCUT2D eigenvalue weighted by atomic mass is 10.0. The zero-order valence-electron chi connectivity index (χ0n) is 13.5. The van der Waals surface area contributed by atoms with E-state index in [0.717, 1.165) is 5.69 Å². The molecule has 0 amide bonds. The number of rotatable bonds is 2. The maximum Gasteiger partial charge on any atom is 0.0372 e. The summed E-state index contributed by atoms with van der Waals surface area (Å²) in [6, 6.07) is 6.36. The highest BCUT2D eigenvalue weighted by Crippen LogP contribution is 2.13. The average Bonchev–Trinajstić information content (AvgIpc) is 2.40. The topological polar surface area (TPSA) is 25.8 Å². The minimum atomic E-state index is 0.590. The van der Waals surface area contributed by atoms with Gasteiger partial charge in [-0.05, 0) is 48.4 Å². The number of pyridine rings is 2. The average molecular weight is 270 g/mol. The van der Waals surface area contributed by atoms with Gasteiger partial charge in [0.1, 0.15) is 0 Å². The molecule has 2 heterocycles. The quantitative estimate of drug-likeness (QED) is 0.765. The molecule has 0 saturated heterocycles. The van der Waals surface area contributed by atoms with Gasteiger partial charge in [-0.1, -0.05) is 39.8 Å². The standard InChI is InChI=1S/2C9H13N/c1-7(2)9-4-8(3)5-10-6-9;1-7(2)9-5-4-8(3)10-6-9/h2*4-7H,1-3H3. The number of aromatic nitrogens is 2. The van der Waals surface area contributed by atoms with Crippen LogP contribution in [0, 0.1) is 13.8 Å². The van der Waals surface area contributed by atoms with Gasteiger partial charge in [0.05, 0.1) is 0 Å². The van der Waals surface area contributed by atoms with Crippen LogP contribution in [-0.2, 0) is 0 Å². The van der Waals surface area contributed by atoms with Gasteiger partial charge in [-0.2, -0.15) is 0 Å². The Labute approximate surface area is 123 Å². The van der Waals surface area contributed by atoms with E-state index in [0.29, 0.717) is 11.8 Å². The third-order valence-corrected chi connectivity index (χ3v) is 3.16. The van der Waals surface area contributed by atoms with E-state index < -0.39 is 0 Å². The highest BCUT2D eigenvalue weighted by Gasteiger charge is 1.97. The Balaban J connectivity index is 0.000000200. The predicted octanol–water partition coefficient (Wildman–Crippen LogP) is 5.03. The number of aryl methyl sites for hydroxylation is 2. The maximum absolute atomic E-state index is 4.20. The van der Waals surface area contributed by atoms with Crippen molar-refractivity contribution < 1.29 is 0 Å². The van der Waals surface area contributed by atoms with E-state index >= 15 is 0 Å². The summed E-state index contributed by atoms with van der Waals surface area (Å²) in [6.07, 6.45) is 5.75. The van der Waals surface area contributed by atoms with Gasteiger partial charge in [0, 0.05) is 24.3 Å². The van der Waals surface area contributed by atoms with E-state index in [2.05, 4.69) is 62.8 Å². The third-order valence-electron chi connectivity index (χ3n) is 3.16. The second-order valence-electron chi connectivity index (χ2n) is 5.84. The number of hydrogen-bond donors (Lipinski definition) is 0. The van der Waals surface area contributed by atoms with Gasteiger partial charge in [0.15, 0.2) is 0 Å². The molecule has 0 N–H and O–H groups in total. The van der Waals surface area contributed by atoms with Crippen LogP contribution in [0.1, 0.15) is 61.9 Å². The van der Waals surface area contributed by atoms with Crippen molar-refractivity contribution in [2.75, 3.05) is 0 Å². The van der Waals surface area contributed by atoms with Crippen molar-refractivity contribution in [3.8, 4) is 0 Å². The van der Waals surface area contributed by atoms with E-state index in [1.807, 2.05) is 25.5 Å². The normalized spacial score (nSPS) is 10.4. The second-order valence-corrected chi connectivity index (χ2v) is 5.84. The van der Waals surface area contributed by atoms with Crippen molar-refractivity contribution in [3.63, 3.8) is 0 Å². The van der Waals surface area contributed by atoms with E-state index in [1.165, 1.54) is 16.7 Å². The van der Waals surface area contributed by atoms with Crippen LogP contribution in [0.5, 0.6) is 0 Å². The van der Waals surface area contributed by atoms with Crippen molar-refractivity contribution in [2.45, 2.75) is 53.4 Å². The first kappa shape index (κ1) is 16.4. The molecule has 0 atom stereocenters. The fraction of sp³-hybridized carbons (Fsp3) is 0.444. The molecular formula is C18H26N2. The Kier molecular flexibility index (Phi) is 6.37. The molecule has 2 aromatic rings. The summed E-state index contributed by atoms with van der Waals surface area (Å²) in [5.74, 6) is 1.18. The summed E-state index contributed by atoms with van der Waals surface area (Å²) >= 11 is 0. The van der Waals surface area contributed by atoms with Gasteiger partial charge in [0.2, 0.25) is 0 Å². The molecule has 0 fully saturated rings. The summed E-state index contributed by atoms with van der Waals surface area (Å²) in [6.45, 7) is 12.8. The Morgan fingerprint density at radius 2 is 1.45 bits per heavy atom. The first-order valence-electron chi connectivity index (χ1n) is 7.24. The highest BCUT2D eigenvalue weighted by molar-refractivity contribution is 5.19. The van der Waals surface area contributed by atoms with Crippen LogP contribution in [0.15, 0.2) is 36.8 Å². The largest absolute Gasteiger partial charge is 0.264 e. The minimum Gasteiger partial charge on any atom is -0.264 e. The van der Waals surface area contributed by atoms with Crippen molar-refractivity contribution in [2.24, 2.45) is 0 Å². The van der Waals surface area contributed by atoms with E-state index in [4.69, 9.17) is 0 Å². The molecule has 0 aliphatic carbocycles. The fourth-order valence-electron chi connectivity index (χ4n) is 1.71. The van der Waals surface area contributed by atoms with Crippen molar-refractivity contribution in [1.29, 1.82) is 0 Å². The van der Waals surface area contributed by atoms with Gasteiger partial charge in [-0.15, -0.1) is 0 Å². The molecule has 0 aliphatic rings. The molecule has 0 radical (unpaired) electrons. The summed E-state index contributed by atoms with van der Waals surface area (Å²) in [5.41, 5.74) is 4.96. The molecule has 0 aromatic carbocycles. The minimum absolute atomic E-state index is 0.590. The highest BCUT2D eigenvalue weighted by atomic mass is 14.7. The molecule has 0 saturated carbocycles. The Hall–Kier alpha value is -1.70. The van der Waals surface area contributed by atoms with Gasteiger partial charge in [0.25, 0.3) is 0 Å². The molecule has 2 rings (SSSR count). The molecule has 0 bridgehead atoms. The first-order chi connectivity index (χ1) is 9.40. The van der Waals surface area contributed by atoms with Gasteiger partial charge >= 0.3 is 0 Å². The molecule has 0 aliphatic heterocycles. The van der Waals surface area contributed by atoms with Crippen LogP contribution in [0.3, 0.4) is 0 Å². The third kappa shape index (κ3) is 5.52. The lowest BCUT2D eigenvalue weighted by Gasteiger charge is -2.03. The van der Waals surface area contributed by atoms with Gasteiger partial charge in [-0.25, -0.2) is 0 Å². The van der Waals surface area contributed by atoms with E-state index in [1.54, 1.807) is 0 Å². The zero-order chi connectivity index (χ0) is 15.1. The van der Waals surface area contributed by atoms with Crippen LogP contribution in [-0.4, -0.2) is 9.97 Å². The van der Waals surface area contributed by atoms with Crippen molar-refractivity contribution in [1.82, 2.24) is 9.97 Å². The predicted molar refractivity (Wildman–Crippen MR) is 86.1 cm³/mol. The van der Waals surface area contributed by atoms with Crippen molar-refractivity contribution >= 4 is 0 Å². The van der Waals surface area contributed by atoms with Crippen LogP contribution in [0.2, 0.25) is 0 Å². The van der Waals surface area contributed by atoms with Crippen LogP contribution < -0.4 is 0 Å². The molecule has 20 heavy (non-hydrogen) atoms. The summed E-state index contributed by atoms with van der Waals surface area (Å²) in [5, 5.41) is 0. The Morgan fingerprint density at radius 1 is 0.800 bits per heavy atom. The lowest BCUT2D eigenvalue weighted by Crippen LogP contribution is -1.88. The second kappa shape index (κ2) is 7.78.